The van der Waals surface area contributed by atoms with E-state index in [9.17, 15) is 54.3 Å². The number of hydrogen-bond donors (Lipinski definition) is 4. The molecule has 1 aliphatic carbocycles. The highest BCUT2D eigenvalue weighted by molar-refractivity contribution is 7.89. The van der Waals surface area contributed by atoms with Crippen LogP contribution >= 0.6 is 23.2 Å². The standard InChI is InChI=1S/C29H32F3NO2.C27H28N2O5S.C18H21Cl2NO.C14H20F3NO2/c1-21-7-9-23(10-8-21)6-4-3-5-15-33(19-24-11-13-26(14-12-24)28(34)35)20-25-16-22(2)17-27(18-25)29(30,31)32;1-18-15-19(2)25(20(3)16-18)35(32,33)28(17-21-9-11-22(34-4)12-10-21)13-14-29-26(30)23-7-5-6-8-24(23)27(29)31;1-12(13(2)22)16-6-3-14(4-7-16)10-21-11-15-5-8-17(19)18(20)9-15;1-3-19-13(20-4-2)10-18-9-11-5-7-12(8-6-11)14(15,16)17/h7-14,16-18H,3-6,15,19-20H2,1-2H3,(H,34,35);5-12,15-16H,13-14,17H2,1-4H3;3,5-6,8-9,12,21-22H,2,4,7,10-11H2,1H3;5-8,13,18H,3-4,9-10H2,1-2H3. The second-order valence-electron chi connectivity index (χ2n) is 27.7. The van der Waals surface area contributed by atoms with Gasteiger partial charge < -0.3 is 35.1 Å². The summed E-state index contributed by atoms with van der Waals surface area (Å²) < 4.78 is 122. The zero-order chi connectivity index (χ0) is 81.9. The highest BCUT2D eigenvalue weighted by Gasteiger charge is 2.37. The molecule has 0 saturated carbocycles. The van der Waals surface area contributed by atoms with Gasteiger partial charge in [0.25, 0.3) is 11.8 Å². The van der Waals surface area contributed by atoms with Gasteiger partial charge >= 0.3 is 18.3 Å². The first kappa shape index (κ1) is 90.3. The fourth-order valence-corrected chi connectivity index (χ4v) is 15.0. The monoisotopic (exact) mass is 1600 g/mol. The number of fused-ring (bicyclic) bond motifs is 1. The number of benzene rings is 8. The molecule has 0 spiro atoms. The molecule has 8 aromatic rings. The van der Waals surface area contributed by atoms with Crippen LogP contribution in [-0.2, 0) is 71.0 Å². The number of carbonyl (C=O) groups excluding carboxylic acids is 2. The normalized spacial score (nSPS) is 13.2. The summed E-state index contributed by atoms with van der Waals surface area (Å²) in [5.74, 6) is -0.853. The molecule has 600 valence electrons. The Kier molecular flexibility index (Phi) is 34.9. The second kappa shape index (κ2) is 43.4. The second-order valence-corrected chi connectivity index (χ2v) is 30.4. The number of aryl methyl sites for hydroxylation is 6. The maximum atomic E-state index is 13.9. The van der Waals surface area contributed by atoms with Gasteiger partial charge in [0, 0.05) is 78.0 Å². The van der Waals surface area contributed by atoms with Gasteiger partial charge in [0.05, 0.1) is 55.6 Å². The highest BCUT2D eigenvalue weighted by atomic mass is 35.5. The summed E-state index contributed by atoms with van der Waals surface area (Å²) in [5, 5.41) is 26.3. The molecule has 1 heterocycles. The number of imide groups is 1. The lowest BCUT2D eigenvalue weighted by Gasteiger charge is -2.26. The Bertz CT molecular complexity index is 4550. The summed E-state index contributed by atoms with van der Waals surface area (Å²) in [7, 11) is -2.37. The minimum atomic E-state index is -4.38. The number of sulfonamides is 1. The van der Waals surface area contributed by atoms with E-state index in [0.717, 1.165) is 103 Å². The van der Waals surface area contributed by atoms with Crippen molar-refractivity contribution in [2.24, 2.45) is 5.92 Å². The van der Waals surface area contributed by atoms with Gasteiger partial charge in [0.2, 0.25) is 10.0 Å². The maximum absolute atomic E-state index is 13.9. The Morgan fingerprint density at radius 1 is 0.589 bits per heavy atom. The zero-order valence-corrected chi connectivity index (χ0v) is 67.2. The molecule has 15 nitrogen and oxygen atoms in total. The molecule has 0 radical (unpaired) electrons. The molecule has 8 aromatic carbocycles. The van der Waals surface area contributed by atoms with Crippen molar-refractivity contribution in [1.82, 2.24) is 24.7 Å². The van der Waals surface area contributed by atoms with Crippen LogP contribution in [0.25, 0.3) is 0 Å². The average Bonchev–Trinajstić information content (AvgIpc) is 1.76. The van der Waals surface area contributed by atoms with Gasteiger partial charge in [-0.2, -0.15) is 30.6 Å². The number of rotatable bonds is 33. The number of aliphatic hydroxyl groups excluding tert-OH is 1. The lowest BCUT2D eigenvalue weighted by Crippen LogP contribution is -2.41. The molecular formula is C88H101Cl2F6N5O10S. The van der Waals surface area contributed by atoms with E-state index >= 15 is 0 Å². The Labute approximate surface area is 665 Å². The highest BCUT2D eigenvalue weighted by Crippen LogP contribution is 2.34. The van der Waals surface area contributed by atoms with Crippen molar-refractivity contribution in [1.29, 1.82) is 0 Å². The van der Waals surface area contributed by atoms with E-state index in [-0.39, 0.29) is 48.1 Å². The summed E-state index contributed by atoms with van der Waals surface area (Å²) in [4.78, 5) is 40.3. The van der Waals surface area contributed by atoms with E-state index < -0.39 is 51.3 Å². The maximum Gasteiger partial charge on any atom is 0.416 e. The number of aromatic carboxylic acids is 1. The molecule has 2 amide bonds. The minimum Gasteiger partial charge on any atom is -0.512 e. The average molecular weight is 1610 g/mol. The molecule has 0 aromatic heterocycles. The number of carboxylic acid groups (broad SMARTS) is 1. The zero-order valence-electron chi connectivity index (χ0n) is 64.8. The number of carboxylic acids is 1. The van der Waals surface area contributed by atoms with Crippen molar-refractivity contribution in [3.63, 3.8) is 0 Å². The molecule has 10 rings (SSSR count). The van der Waals surface area contributed by atoms with Crippen LogP contribution in [0, 0.1) is 40.5 Å². The van der Waals surface area contributed by atoms with Crippen LogP contribution in [0.5, 0.6) is 5.75 Å². The number of alkyl halides is 6. The molecule has 0 saturated heterocycles. The smallest absolute Gasteiger partial charge is 0.416 e. The summed E-state index contributed by atoms with van der Waals surface area (Å²) >= 11 is 11.9. The number of ether oxygens (including phenoxy) is 3. The van der Waals surface area contributed by atoms with Crippen molar-refractivity contribution >= 4 is 51.0 Å². The SMILES string of the molecule is C=C(O)C(C)C1=CC=C(CNCc2ccc(Cl)c(Cl)c2)CC1.CCOC(CNCc1ccc(C(F)(F)F)cc1)OCC.COc1ccc(CN(CCN2C(=O)c3ccccc3C2=O)S(=O)(=O)c2c(C)cc(C)cc2C)cc1.Cc1ccc(CCCCCN(Cc2ccc(C(=O)O)cc2)Cc2cc(C)cc(C(F)(F)F)c2)cc1. The number of unbranched alkanes of at least 4 members (excludes halogenated alkanes) is 2. The number of aliphatic hydroxyl groups is 1. The van der Waals surface area contributed by atoms with Gasteiger partial charge in [0.15, 0.2) is 6.29 Å². The lowest BCUT2D eigenvalue weighted by molar-refractivity contribution is -0.138. The van der Waals surface area contributed by atoms with Gasteiger partial charge in [-0.3, -0.25) is 19.4 Å². The first-order valence-corrected chi connectivity index (χ1v) is 39.3. The van der Waals surface area contributed by atoms with Gasteiger partial charge in [0.1, 0.15) is 5.75 Å². The number of nitrogens with zero attached hydrogens (tertiary/aromatic N) is 3. The number of allylic oxidation sites excluding steroid dienone is 3. The summed E-state index contributed by atoms with van der Waals surface area (Å²) in [6, 6.07) is 47.6. The van der Waals surface area contributed by atoms with E-state index in [2.05, 4.69) is 65.5 Å². The molecule has 1 aliphatic heterocycles. The summed E-state index contributed by atoms with van der Waals surface area (Å²) in [6.07, 6.45) is 1.22. The number of carbonyl (C=O) groups is 3. The molecular weight excluding hydrogens is 1500 g/mol. The molecule has 1 atom stereocenters. The van der Waals surface area contributed by atoms with Gasteiger partial charge in [-0.05, 0) is 204 Å². The van der Waals surface area contributed by atoms with Crippen molar-refractivity contribution < 1.29 is 73.6 Å². The third-order valence-electron chi connectivity index (χ3n) is 18.8. The van der Waals surface area contributed by atoms with E-state index in [1.54, 1.807) is 107 Å². The number of hydrogen-bond acceptors (Lipinski definition) is 12. The summed E-state index contributed by atoms with van der Waals surface area (Å²) in [5.41, 5.74) is 11.9. The number of halogens is 8. The van der Waals surface area contributed by atoms with Crippen molar-refractivity contribution in [2.45, 2.75) is 150 Å². The minimum absolute atomic E-state index is 0.0351. The molecule has 2 aliphatic rings. The largest absolute Gasteiger partial charge is 0.512 e. The van der Waals surface area contributed by atoms with E-state index in [1.807, 2.05) is 58.0 Å². The Morgan fingerprint density at radius 3 is 1.70 bits per heavy atom. The summed E-state index contributed by atoms with van der Waals surface area (Å²) in [6.45, 7) is 23.9. The molecule has 24 heteroatoms. The van der Waals surface area contributed by atoms with Crippen molar-refractivity contribution in [3.05, 3.63) is 305 Å². The van der Waals surface area contributed by atoms with Crippen LogP contribution in [-0.4, -0.2) is 110 Å². The van der Waals surface area contributed by atoms with Crippen LogP contribution in [0.2, 0.25) is 10.0 Å². The number of nitrogens with one attached hydrogen (secondary N) is 2. The van der Waals surface area contributed by atoms with Crippen LogP contribution in [0.15, 0.2) is 210 Å². The predicted octanol–water partition coefficient (Wildman–Crippen LogP) is 20.2. The fraction of sp³-hybridized carbons (Fsp3) is 0.352. The predicted molar refractivity (Wildman–Crippen MR) is 430 cm³/mol. The van der Waals surface area contributed by atoms with Crippen LogP contribution in [0.3, 0.4) is 0 Å². The van der Waals surface area contributed by atoms with Crippen LogP contribution in [0.4, 0.5) is 26.3 Å². The van der Waals surface area contributed by atoms with Gasteiger partial charge in [-0.15, -0.1) is 0 Å². The third-order valence-corrected chi connectivity index (χ3v) is 21.7. The molecule has 0 bridgehead atoms. The number of amides is 2. The van der Waals surface area contributed by atoms with Crippen LogP contribution in [0.1, 0.15) is 156 Å². The fourth-order valence-electron chi connectivity index (χ4n) is 12.9. The molecule has 112 heavy (non-hydrogen) atoms. The molecule has 0 fully saturated rings. The Balaban J connectivity index is 0.000000213. The van der Waals surface area contributed by atoms with Crippen LogP contribution < -0.4 is 15.4 Å². The lowest BCUT2D eigenvalue weighted by atomic mass is 9.89. The first-order chi connectivity index (χ1) is 53.2. The van der Waals surface area contributed by atoms with E-state index in [1.165, 1.54) is 50.8 Å². The van der Waals surface area contributed by atoms with Crippen molar-refractivity contribution in [2.75, 3.05) is 53.0 Å². The Hall–Kier alpha value is -8.94. The molecule has 1 unspecified atom stereocenters. The third kappa shape index (κ3) is 28.0. The quantitative estimate of drug-likeness (QED) is 0.0100. The van der Waals surface area contributed by atoms with Gasteiger partial charge in [-0.25, -0.2) is 13.2 Å². The van der Waals surface area contributed by atoms with Gasteiger partial charge in [-0.1, -0.05) is 180 Å². The van der Waals surface area contributed by atoms with E-state index in [0.29, 0.717) is 88.6 Å². The number of methoxy groups -OCH3 is 1. The first-order valence-electron chi connectivity index (χ1n) is 37.1. The van der Waals surface area contributed by atoms with Crippen molar-refractivity contribution in [3.8, 4) is 5.75 Å². The Morgan fingerprint density at radius 2 is 1.14 bits per heavy atom. The molecule has 4 N–H and O–H groups in total. The van der Waals surface area contributed by atoms with E-state index in [4.69, 9.17) is 42.5 Å². The topological polar surface area (TPSA) is 187 Å².